The molecule has 164 valence electrons. The first-order valence-corrected chi connectivity index (χ1v) is 9.80. The number of hydrogen-bond donors (Lipinski definition) is 2. The smallest absolute Gasteiger partial charge is 0.325 e. The van der Waals surface area contributed by atoms with E-state index in [-0.39, 0.29) is 29.5 Å². The Kier molecular flexibility index (Phi) is 4.35. The van der Waals surface area contributed by atoms with Crippen LogP contribution in [-0.2, 0) is 27.7 Å². The van der Waals surface area contributed by atoms with Gasteiger partial charge in [-0.1, -0.05) is 23.7 Å². The van der Waals surface area contributed by atoms with Gasteiger partial charge in [0.25, 0.3) is 0 Å². The largest absolute Gasteiger partial charge is 0.416 e. The van der Waals surface area contributed by atoms with Crippen LogP contribution in [0.3, 0.4) is 0 Å². The fourth-order valence-electron chi connectivity index (χ4n) is 4.23. The van der Waals surface area contributed by atoms with Crippen LogP contribution >= 0.6 is 11.6 Å². The Bertz CT molecular complexity index is 1290. The molecule has 0 saturated carbocycles. The minimum absolute atomic E-state index is 0.0580. The number of benzene rings is 2. The van der Waals surface area contributed by atoms with Gasteiger partial charge in [0.15, 0.2) is 0 Å². The summed E-state index contributed by atoms with van der Waals surface area (Å²) in [5.41, 5.74) is -0.739. The molecule has 32 heavy (non-hydrogen) atoms. The van der Waals surface area contributed by atoms with Crippen LogP contribution in [0.25, 0.3) is 0 Å². The normalized spacial score (nSPS) is 19.5. The van der Waals surface area contributed by atoms with Gasteiger partial charge in [-0.2, -0.15) is 18.3 Å². The molecule has 2 aliphatic heterocycles. The Morgan fingerprint density at radius 1 is 1.09 bits per heavy atom. The number of rotatable bonds is 2. The maximum atomic E-state index is 13.9. The Hall–Kier alpha value is -3.40. The number of hydrogen-bond acceptors (Lipinski definition) is 3. The molecule has 3 aromatic rings. The highest BCUT2D eigenvalue weighted by molar-refractivity contribution is 6.31. The third-order valence-corrected chi connectivity index (χ3v) is 6.04. The highest BCUT2D eigenvalue weighted by Gasteiger charge is 2.54. The topological polar surface area (TPSA) is 76.0 Å². The van der Waals surface area contributed by atoms with Gasteiger partial charge in [-0.15, -0.1) is 0 Å². The van der Waals surface area contributed by atoms with Crippen LogP contribution in [0.2, 0.25) is 5.02 Å². The van der Waals surface area contributed by atoms with Crippen LogP contribution < -0.4 is 10.6 Å². The number of carbonyl (C=O) groups excluding carboxylic acids is 2. The predicted molar refractivity (Wildman–Crippen MR) is 107 cm³/mol. The Morgan fingerprint density at radius 2 is 1.81 bits per heavy atom. The Morgan fingerprint density at radius 3 is 2.50 bits per heavy atom. The van der Waals surface area contributed by atoms with Crippen molar-refractivity contribution < 1.29 is 27.2 Å². The summed E-state index contributed by atoms with van der Waals surface area (Å²) >= 11 is 5.95. The molecule has 5 rings (SSSR count). The van der Waals surface area contributed by atoms with Gasteiger partial charge < -0.3 is 10.6 Å². The molecule has 1 spiro atoms. The van der Waals surface area contributed by atoms with Gasteiger partial charge in [-0.05, 0) is 35.4 Å². The van der Waals surface area contributed by atoms with Crippen LogP contribution in [0.1, 0.15) is 28.7 Å². The molecule has 1 aromatic heterocycles. The first-order chi connectivity index (χ1) is 15.1. The van der Waals surface area contributed by atoms with Gasteiger partial charge in [0.1, 0.15) is 17.1 Å². The number of aromatic nitrogens is 2. The lowest BCUT2D eigenvalue weighted by molar-refractivity contribution is -0.137. The lowest BCUT2D eigenvalue weighted by atomic mass is 9.72. The zero-order chi connectivity index (χ0) is 22.8. The van der Waals surface area contributed by atoms with Crippen LogP contribution in [0.5, 0.6) is 0 Å². The minimum atomic E-state index is -4.45. The van der Waals surface area contributed by atoms with Gasteiger partial charge in [-0.3, -0.25) is 9.59 Å². The number of halogens is 5. The molecule has 0 aliphatic carbocycles. The monoisotopic (exact) mass is 464 g/mol. The molecule has 6 nitrogen and oxygen atoms in total. The third-order valence-electron chi connectivity index (χ3n) is 5.75. The number of amides is 2. The number of anilines is 2. The van der Waals surface area contributed by atoms with E-state index in [1.807, 2.05) is 0 Å². The second-order valence-electron chi connectivity index (χ2n) is 7.66. The number of fused-ring (bicyclic) bond motifs is 4. The third kappa shape index (κ3) is 2.97. The molecule has 11 heteroatoms. The number of carbonyl (C=O) groups is 2. The average molecular weight is 465 g/mol. The lowest BCUT2D eigenvalue weighted by Crippen LogP contribution is -2.43. The van der Waals surface area contributed by atoms with Gasteiger partial charge in [0.2, 0.25) is 11.8 Å². The van der Waals surface area contributed by atoms with Crippen molar-refractivity contribution in [2.45, 2.75) is 24.6 Å². The molecule has 2 N–H and O–H groups in total. The average Bonchev–Trinajstić information content (AvgIpc) is 3.22. The summed E-state index contributed by atoms with van der Waals surface area (Å²) in [7, 11) is 0. The molecular formula is C21H13ClF4N4O2. The van der Waals surface area contributed by atoms with Crippen LogP contribution in [0.4, 0.5) is 29.1 Å². The second-order valence-corrected chi connectivity index (χ2v) is 8.06. The zero-order valence-electron chi connectivity index (χ0n) is 16.1. The van der Waals surface area contributed by atoms with Crippen molar-refractivity contribution >= 4 is 34.9 Å². The van der Waals surface area contributed by atoms with E-state index in [0.29, 0.717) is 16.7 Å². The van der Waals surface area contributed by atoms with Gasteiger partial charge in [0.05, 0.1) is 23.3 Å². The second kappa shape index (κ2) is 6.80. The Balaban J connectivity index is 1.58. The van der Waals surface area contributed by atoms with E-state index in [1.54, 1.807) is 0 Å². The van der Waals surface area contributed by atoms with Crippen molar-refractivity contribution in [1.29, 1.82) is 0 Å². The van der Waals surface area contributed by atoms with Crippen molar-refractivity contribution in [1.82, 2.24) is 9.78 Å². The van der Waals surface area contributed by atoms with Crippen molar-refractivity contribution in [3.63, 3.8) is 0 Å². The maximum Gasteiger partial charge on any atom is 0.416 e. The summed E-state index contributed by atoms with van der Waals surface area (Å²) in [4.78, 5) is 25.6. The molecule has 2 aromatic carbocycles. The molecule has 3 heterocycles. The first kappa shape index (κ1) is 20.5. The van der Waals surface area contributed by atoms with Crippen molar-refractivity contribution in [2.24, 2.45) is 0 Å². The van der Waals surface area contributed by atoms with E-state index in [2.05, 4.69) is 15.7 Å². The fourth-order valence-corrected chi connectivity index (χ4v) is 4.40. The first-order valence-electron chi connectivity index (χ1n) is 9.43. The van der Waals surface area contributed by atoms with E-state index >= 15 is 0 Å². The summed E-state index contributed by atoms with van der Waals surface area (Å²) in [6, 6.07) is 6.98. The molecule has 0 fully saturated rings. The minimum Gasteiger partial charge on any atom is -0.325 e. The molecular weight excluding hydrogens is 452 g/mol. The van der Waals surface area contributed by atoms with Gasteiger partial charge >= 0.3 is 6.18 Å². The quantitative estimate of drug-likeness (QED) is 0.554. The Labute approximate surface area is 183 Å². The van der Waals surface area contributed by atoms with Crippen LogP contribution in [-0.4, -0.2) is 21.6 Å². The van der Waals surface area contributed by atoms with E-state index in [0.717, 1.165) is 18.2 Å². The number of nitrogens with zero attached hydrogens (tertiary/aromatic N) is 2. The standard InChI is InChI=1S/C21H13ClF4N4O2/c22-14-5-12-16(6-15(14)23)28-19(32)20(12)7-17(31)29-18-13(20)8-27-30(18)9-10-1-3-11(4-2-10)21(24,25)26/h1-6,8H,7,9H2,(H,28,32)(H,29,31)/t20-/m1/s1. The molecule has 2 aliphatic rings. The summed E-state index contributed by atoms with van der Waals surface area (Å²) in [5.74, 6) is -1.44. The molecule has 0 unspecified atom stereocenters. The van der Waals surface area contributed by atoms with E-state index < -0.39 is 34.8 Å². The van der Waals surface area contributed by atoms with Crippen LogP contribution in [0.15, 0.2) is 42.6 Å². The highest BCUT2D eigenvalue weighted by atomic mass is 35.5. The van der Waals surface area contributed by atoms with E-state index in [9.17, 15) is 27.2 Å². The SMILES string of the molecule is O=C1C[C@]2(C(=O)Nc3cc(F)c(Cl)cc32)c2cnn(Cc3ccc(C(F)(F)F)cc3)c2N1. The van der Waals surface area contributed by atoms with Crippen molar-refractivity contribution in [2.75, 3.05) is 10.6 Å². The molecule has 0 bridgehead atoms. The van der Waals surface area contributed by atoms with E-state index in [1.165, 1.54) is 29.1 Å². The molecule has 1 atom stereocenters. The summed E-state index contributed by atoms with van der Waals surface area (Å²) < 4.78 is 53.8. The summed E-state index contributed by atoms with van der Waals surface area (Å²) in [5, 5.41) is 9.36. The van der Waals surface area contributed by atoms with Gasteiger partial charge in [-0.25, -0.2) is 9.07 Å². The van der Waals surface area contributed by atoms with Crippen molar-refractivity contribution in [3.05, 3.63) is 75.7 Å². The van der Waals surface area contributed by atoms with Crippen LogP contribution in [0, 0.1) is 5.82 Å². The molecule has 2 amide bonds. The highest BCUT2D eigenvalue weighted by Crippen LogP contribution is 2.50. The predicted octanol–water partition coefficient (Wildman–Crippen LogP) is 4.32. The number of nitrogens with one attached hydrogen (secondary N) is 2. The van der Waals surface area contributed by atoms with Gasteiger partial charge in [0, 0.05) is 17.7 Å². The lowest BCUT2D eigenvalue weighted by Gasteiger charge is -2.31. The maximum absolute atomic E-state index is 13.9. The molecule has 0 saturated heterocycles. The summed E-state index contributed by atoms with van der Waals surface area (Å²) in [6.07, 6.45) is -3.26. The summed E-state index contributed by atoms with van der Waals surface area (Å²) in [6.45, 7) is 0.0580. The fraction of sp³-hybridized carbons (Fsp3) is 0.190. The number of alkyl halides is 3. The molecule has 0 radical (unpaired) electrons. The van der Waals surface area contributed by atoms with E-state index in [4.69, 9.17) is 11.6 Å². The van der Waals surface area contributed by atoms with Crippen molar-refractivity contribution in [3.8, 4) is 0 Å². The zero-order valence-corrected chi connectivity index (χ0v) is 16.8.